The minimum Gasteiger partial charge on any atom is -0.495 e. The normalized spacial score (nSPS) is 9.58. The van der Waals surface area contributed by atoms with Gasteiger partial charge in [-0.1, -0.05) is 0 Å². The first-order valence-electron chi connectivity index (χ1n) is 3.28. The molecule has 0 aliphatic heterocycles. The van der Waals surface area contributed by atoms with E-state index in [9.17, 15) is 4.79 Å². The molecular formula is C7H9NO3S. The van der Waals surface area contributed by atoms with Crippen LogP contribution in [-0.4, -0.2) is 18.2 Å². The van der Waals surface area contributed by atoms with E-state index in [1.54, 1.807) is 11.5 Å². The molecule has 2 N–H and O–H groups in total. The number of aryl methyl sites for hydroxylation is 1. The maximum absolute atomic E-state index is 11.0. The van der Waals surface area contributed by atoms with Crippen molar-refractivity contribution in [1.82, 2.24) is 5.48 Å². The lowest BCUT2D eigenvalue weighted by Gasteiger charge is -1.98. The lowest BCUT2D eigenvalue weighted by molar-refractivity contribution is 0.0708. The fourth-order valence-corrected chi connectivity index (χ4v) is 1.72. The molecule has 0 saturated carbocycles. The molecule has 0 aliphatic carbocycles. The molecule has 4 nitrogen and oxygen atoms in total. The second-order valence-electron chi connectivity index (χ2n) is 2.20. The highest BCUT2D eigenvalue weighted by molar-refractivity contribution is 7.14. The van der Waals surface area contributed by atoms with Gasteiger partial charge in [0.15, 0.2) is 0 Å². The molecule has 0 spiro atoms. The summed E-state index contributed by atoms with van der Waals surface area (Å²) in [6, 6.07) is 1.75. The van der Waals surface area contributed by atoms with Gasteiger partial charge in [0, 0.05) is 4.88 Å². The Morgan fingerprint density at radius 3 is 2.92 bits per heavy atom. The van der Waals surface area contributed by atoms with Crippen molar-refractivity contribution in [2.75, 3.05) is 7.11 Å². The number of hydrogen-bond acceptors (Lipinski definition) is 4. The van der Waals surface area contributed by atoms with Crippen molar-refractivity contribution in [3.63, 3.8) is 0 Å². The molecule has 0 saturated heterocycles. The molecule has 1 heterocycles. The van der Waals surface area contributed by atoms with Gasteiger partial charge in [0.1, 0.15) is 10.6 Å². The van der Waals surface area contributed by atoms with Crippen LogP contribution in [0.15, 0.2) is 6.07 Å². The molecule has 66 valence electrons. The first kappa shape index (κ1) is 9.02. The summed E-state index contributed by atoms with van der Waals surface area (Å²) in [5, 5.41) is 8.37. The Morgan fingerprint density at radius 2 is 2.42 bits per heavy atom. The predicted molar refractivity (Wildman–Crippen MR) is 44.9 cm³/mol. The quantitative estimate of drug-likeness (QED) is 0.540. The molecular weight excluding hydrogens is 178 g/mol. The number of carbonyl (C=O) groups is 1. The van der Waals surface area contributed by atoms with Gasteiger partial charge >= 0.3 is 0 Å². The highest BCUT2D eigenvalue weighted by Crippen LogP contribution is 2.28. The fourth-order valence-electron chi connectivity index (χ4n) is 0.852. The molecule has 1 amide bonds. The molecule has 0 unspecified atom stereocenters. The highest BCUT2D eigenvalue weighted by Gasteiger charge is 2.14. The van der Waals surface area contributed by atoms with E-state index < -0.39 is 5.91 Å². The van der Waals surface area contributed by atoms with Crippen molar-refractivity contribution in [2.24, 2.45) is 0 Å². The van der Waals surface area contributed by atoms with Crippen LogP contribution < -0.4 is 10.2 Å². The zero-order chi connectivity index (χ0) is 9.14. The van der Waals surface area contributed by atoms with Gasteiger partial charge in [0.25, 0.3) is 5.91 Å². The minimum atomic E-state index is -0.537. The highest BCUT2D eigenvalue weighted by atomic mass is 32.1. The van der Waals surface area contributed by atoms with Gasteiger partial charge < -0.3 is 4.74 Å². The Hall–Kier alpha value is -1.07. The summed E-state index contributed by atoms with van der Waals surface area (Å²) in [7, 11) is 1.48. The third kappa shape index (κ3) is 1.57. The molecule has 5 heteroatoms. The summed E-state index contributed by atoms with van der Waals surface area (Å²) in [5.74, 6) is -0.0472. The van der Waals surface area contributed by atoms with E-state index in [0.717, 1.165) is 4.88 Å². The standard InChI is InChI=1S/C7H9NO3S/c1-4-3-5(11-2)6(12-4)7(9)8-10/h3,10H,1-2H3,(H,8,9). The lowest BCUT2D eigenvalue weighted by Crippen LogP contribution is -2.17. The number of thiophene rings is 1. The first-order valence-corrected chi connectivity index (χ1v) is 4.09. The SMILES string of the molecule is COc1cc(C)sc1C(=O)NO. The molecule has 0 aromatic carbocycles. The van der Waals surface area contributed by atoms with E-state index in [0.29, 0.717) is 10.6 Å². The molecule has 0 radical (unpaired) electrons. The number of ether oxygens (including phenoxy) is 1. The number of amides is 1. The lowest BCUT2D eigenvalue weighted by atomic mass is 10.4. The molecule has 0 bridgehead atoms. The van der Waals surface area contributed by atoms with Crippen LogP contribution in [0.5, 0.6) is 5.75 Å². The summed E-state index contributed by atoms with van der Waals surface area (Å²) >= 11 is 1.27. The summed E-state index contributed by atoms with van der Waals surface area (Å²) < 4.78 is 4.93. The molecule has 0 aliphatic rings. The monoisotopic (exact) mass is 187 g/mol. The van der Waals surface area contributed by atoms with Gasteiger partial charge in [-0.05, 0) is 13.0 Å². The van der Waals surface area contributed by atoms with Gasteiger partial charge in [-0.15, -0.1) is 11.3 Å². The number of carbonyl (C=O) groups excluding carboxylic acids is 1. The summed E-state index contributed by atoms with van der Waals surface area (Å²) in [6.07, 6.45) is 0. The number of nitrogens with one attached hydrogen (secondary N) is 1. The van der Waals surface area contributed by atoms with Crippen LogP contribution in [0.2, 0.25) is 0 Å². The van der Waals surface area contributed by atoms with Crippen LogP contribution in [0.3, 0.4) is 0 Å². The molecule has 1 aromatic heterocycles. The number of hydroxylamine groups is 1. The average Bonchev–Trinajstić information content (AvgIpc) is 2.45. The van der Waals surface area contributed by atoms with Crippen molar-refractivity contribution in [1.29, 1.82) is 0 Å². The predicted octanol–water partition coefficient (Wildman–Crippen LogP) is 1.18. The van der Waals surface area contributed by atoms with Crippen molar-refractivity contribution in [2.45, 2.75) is 6.92 Å². The van der Waals surface area contributed by atoms with Crippen LogP contribution in [0.25, 0.3) is 0 Å². The Bertz CT molecular complexity index is 295. The van der Waals surface area contributed by atoms with Crippen molar-refractivity contribution >= 4 is 17.2 Å². The number of rotatable bonds is 2. The smallest absolute Gasteiger partial charge is 0.288 e. The van der Waals surface area contributed by atoms with Crippen LogP contribution in [0.4, 0.5) is 0 Å². The van der Waals surface area contributed by atoms with Crippen LogP contribution in [0, 0.1) is 6.92 Å². The molecule has 1 aromatic rings. The Morgan fingerprint density at radius 1 is 1.75 bits per heavy atom. The molecule has 0 fully saturated rings. The van der Waals surface area contributed by atoms with Gasteiger partial charge in [-0.2, -0.15) is 0 Å². The summed E-state index contributed by atoms with van der Waals surface area (Å²) in [6.45, 7) is 1.86. The Labute approximate surface area is 73.7 Å². The largest absolute Gasteiger partial charge is 0.495 e. The van der Waals surface area contributed by atoms with Gasteiger partial charge in [-0.25, -0.2) is 5.48 Å². The third-order valence-electron chi connectivity index (χ3n) is 1.35. The Balaban J connectivity index is 3.04. The summed E-state index contributed by atoms with van der Waals surface area (Å²) in [4.78, 5) is 12.3. The van der Waals surface area contributed by atoms with E-state index in [-0.39, 0.29) is 0 Å². The maximum Gasteiger partial charge on any atom is 0.288 e. The Kier molecular flexibility index (Phi) is 2.67. The van der Waals surface area contributed by atoms with Gasteiger partial charge in [0.05, 0.1) is 7.11 Å². The van der Waals surface area contributed by atoms with E-state index in [1.165, 1.54) is 18.4 Å². The molecule has 1 rings (SSSR count). The zero-order valence-corrected chi connectivity index (χ0v) is 7.57. The van der Waals surface area contributed by atoms with Crippen molar-refractivity contribution < 1.29 is 14.7 Å². The van der Waals surface area contributed by atoms with Gasteiger partial charge in [-0.3, -0.25) is 10.0 Å². The average molecular weight is 187 g/mol. The zero-order valence-electron chi connectivity index (χ0n) is 6.75. The summed E-state index contributed by atoms with van der Waals surface area (Å²) in [5.41, 5.74) is 1.56. The van der Waals surface area contributed by atoms with Gasteiger partial charge in [0.2, 0.25) is 0 Å². The first-order chi connectivity index (χ1) is 5.69. The van der Waals surface area contributed by atoms with E-state index in [2.05, 4.69) is 0 Å². The second kappa shape index (κ2) is 3.55. The van der Waals surface area contributed by atoms with Crippen molar-refractivity contribution in [3.05, 3.63) is 15.8 Å². The third-order valence-corrected chi connectivity index (χ3v) is 2.38. The molecule has 12 heavy (non-hydrogen) atoms. The van der Waals surface area contributed by atoms with Crippen LogP contribution >= 0.6 is 11.3 Å². The molecule has 0 atom stereocenters. The second-order valence-corrected chi connectivity index (χ2v) is 3.45. The number of hydrogen-bond donors (Lipinski definition) is 2. The van der Waals surface area contributed by atoms with E-state index >= 15 is 0 Å². The fraction of sp³-hybridized carbons (Fsp3) is 0.286. The minimum absolute atomic E-state index is 0.387. The van der Waals surface area contributed by atoms with Crippen LogP contribution in [0.1, 0.15) is 14.5 Å². The van der Waals surface area contributed by atoms with Crippen LogP contribution in [-0.2, 0) is 0 Å². The topological polar surface area (TPSA) is 58.6 Å². The number of methoxy groups -OCH3 is 1. The van der Waals surface area contributed by atoms with E-state index in [1.807, 2.05) is 6.92 Å². The maximum atomic E-state index is 11.0. The van der Waals surface area contributed by atoms with E-state index in [4.69, 9.17) is 9.94 Å². The van der Waals surface area contributed by atoms with Crippen molar-refractivity contribution in [3.8, 4) is 5.75 Å².